The number of benzene rings is 8. The lowest BCUT2D eigenvalue weighted by Crippen LogP contribution is -2.36. The van der Waals surface area contributed by atoms with Gasteiger partial charge in [-0.2, -0.15) is 10.5 Å². The molecule has 1 aliphatic heterocycles. The first-order chi connectivity index (χ1) is 28.7. The highest BCUT2D eigenvalue weighted by Gasteiger charge is 2.46. The summed E-state index contributed by atoms with van der Waals surface area (Å²) in [6.07, 6.45) is 0. The van der Waals surface area contributed by atoms with E-state index in [1.165, 1.54) is 0 Å². The molecule has 0 bridgehead atoms. The number of hydrogen-bond acceptors (Lipinski definition) is 5. The molecule has 58 heavy (non-hydrogen) atoms. The standard InChI is InChI=1S/C53H34N4O/c54-35-37(36-55)52-44-19-7-9-21-46(44)53(47-22-10-8-20-45(47)52,38-27-31-42(32-28-38)56(40-15-3-1-4-16-40)41-17-5-2-6-18-41)39-29-33-43(34-30-39)57-48-23-11-13-25-50(48)58-51-26-14-12-24-49(51)57/h1-34H. The molecule has 5 heteroatoms. The van der Waals surface area contributed by atoms with Crippen LogP contribution in [0.5, 0.6) is 11.5 Å². The highest BCUT2D eigenvalue weighted by Crippen LogP contribution is 2.56. The number of rotatable bonds is 6. The van der Waals surface area contributed by atoms with Crippen LogP contribution in [0.4, 0.5) is 34.1 Å². The summed E-state index contributed by atoms with van der Waals surface area (Å²) in [4.78, 5) is 4.51. The van der Waals surface area contributed by atoms with Crippen molar-refractivity contribution in [3.05, 3.63) is 245 Å². The predicted octanol–water partition coefficient (Wildman–Crippen LogP) is 13.3. The summed E-state index contributed by atoms with van der Waals surface area (Å²) < 4.78 is 6.34. The minimum atomic E-state index is -0.824. The van der Waals surface area contributed by atoms with Crippen LogP contribution < -0.4 is 14.5 Å². The van der Waals surface area contributed by atoms with E-state index in [9.17, 15) is 10.5 Å². The second-order valence-corrected chi connectivity index (χ2v) is 14.3. The number of allylic oxidation sites excluding steroid dienone is 1. The molecule has 0 saturated carbocycles. The molecule has 1 aliphatic carbocycles. The molecular weight excluding hydrogens is 709 g/mol. The fourth-order valence-electron chi connectivity index (χ4n) is 8.85. The molecule has 0 spiro atoms. The summed E-state index contributed by atoms with van der Waals surface area (Å²) in [7, 11) is 0. The summed E-state index contributed by atoms with van der Waals surface area (Å²) >= 11 is 0. The Balaban J connectivity index is 1.21. The number of para-hydroxylation sites is 6. The number of nitrogens with zero attached hydrogens (tertiary/aromatic N) is 4. The topological polar surface area (TPSA) is 63.3 Å². The van der Waals surface area contributed by atoms with Crippen molar-refractivity contribution in [1.29, 1.82) is 10.5 Å². The second-order valence-electron chi connectivity index (χ2n) is 14.3. The molecule has 10 rings (SSSR count). The van der Waals surface area contributed by atoms with Gasteiger partial charge in [-0.1, -0.05) is 133 Å². The summed E-state index contributed by atoms with van der Waals surface area (Å²) in [6, 6.07) is 75.6. The molecule has 0 atom stereocenters. The van der Waals surface area contributed by atoms with E-state index >= 15 is 0 Å². The highest BCUT2D eigenvalue weighted by molar-refractivity contribution is 5.95. The van der Waals surface area contributed by atoms with E-state index in [1.807, 2.05) is 72.8 Å². The molecule has 0 saturated heterocycles. The zero-order chi connectivity index (χ0) is 39.1. The van der Waals surface area contributed by atoms with Crippen LogP contribution in [0.3, 0.4) is 0 Å². The first kappa shape index (κ1) is 34.4. The van der Waals surface area contributed by atoms with Crippen LogP contribution in [-0.4, -0.2) is 0 Å². The summed E-state index contributed by atoms with van der Waals surface area (Å²) in [5, 5.41) is 20.6. The van der Waals surface area contributed by atoms with Gasteiger partial charge < -0.3 is 14.5 Å². The Labute approximate surface area is 337 Å². The first-order valence-electron chi connectivity index (χ1n) is 19.2. The average Bonchev–Trinajstić information content (AvgIpc) is 3.30. The molecule has 0 amide bonds. The quantitative estimate of drug-likeness (QED) is 0.159. The lowest BCUT2D eigenvalue weighted by atomic mass is 9.58. The Kier molecular flexibility index (Phi) is 8.41. The smallest absolute Gasteiger partial charge is 0.151 e. The Morgan fingerprint density at radius 2 is 0.862 bits per heavy atom. The van der Waals surface area contributed by atoms with Crippen molar-refractivity contribution in [1.82, 2.24) is 0 Å². The van der Waals surface area contributed by atoms with Gasteiger partial charge in [0.1, 0.15) is 17.7 Å². The van der Waals surface area contributed by atoms with Crippen molar-refractivity contribution >= 4 is 39.7 Å². The van der Waals surface area contributed by atoms with Gasteiger partial charge in [0.15, 0.2) is 11.5 Å². The largest absolute Gasteiger partial charge is 0.453 e. The van der Waals surface area contributed by atoms with Gasteiger partial charge in [0.05, 0.1) is 16.8 Å². The zero-order valence-corrected chi connectivity index (χ0v) is 31.3. The van der Waals surface area contributed by atoms with Gasteiger partial charge >= 0.3 is 0 Å². The van der Waals surface area contributed by atoms with Crippen LogP contribution in [0.25, 0.3) is 5.57 Å². The van der Waals surface area contributed by atoms with Gasteiger partial charge in [0, 0.05) is 28.3 Å². The summed E-state index contributed by atoms with van der Waals surface area (Å²) in [5.41, 5.74) is 11.8. The normalized spacial score (nSPS) is 14.7. The minimum absolute atomic E-state index is 0.0882. The Morgan fingerprint density at radius 3 is 1.36 bits per heavy atom. The van der Waals surface area contributed by atoms with E-state index in [4.69, 9.17) is 4.74 Å². The van der Waals surface area contributed by atoms with E-state index in [-0.39, 0.29) is 5.57 Å². The van der Waals surface area contributed by atoms with Crippen LogP contribution in [-0.2, 0) is 5.41 Å². The van der Waals surface area contributed by atoms with Crippen molar-refractivity contribution in [2.24, 2.45) is 0 Å². The van der Waals surface area contributed by atoms with E-state index in [0.717, 1.165) is 79.0 Å². The van der Waals surface area contributed by atoms with Crippen LogP contribution in [0.1, 0.15) is 33.4 Å². The van der Waals surface area contributed by atoms with Gasteiger partial charge in [-0.3, -0.25) is 0 Å². The summed E-state index contributed by atoms with van der Waals surface area (Å²) in [5.74, 6) is 1.59. The highest BCUT2D eigenvalue weighted by atomic mass is 16.5. The zero-order valence-electron chi connectivity index (χ0n) is 31.3. The van der Waals surface area contributed by atoms with E-state index in [2.05, 4.69) is 155 Å². The third-order valence-electron chi connectivity index (χ3n) is 11.3. The van der Waals surface area contributed by atoms with Gasteiger partial charge in [0.2, 0.25) is 0 Å². The number of hydrogen-bond donors (Lipinski definition) is 0. The number of anilines is 6. The maximum absolute atomic E-state index is 10.3. The van der Waals surface area contributed by atoms with Gasteiger partial charge in [-0.05, 0) is 106 Å². The van der Waals surface area contributed by atoms with Crippen molar-refractivity contribution in [2.45, 2.75) is 5.41 Å². The minimum Gasteiger partial charge on any atom is -0.453 e. The lowest BCUT2D eigenvalue weighted by molar-refractivity contribution is 0.477. The molecule has 2 aliphatic rings. The van der Waals surface area contributed by atoms with Crippen molar-refractivity contribution < 1.29 is 4.74 Å². The van der Waals surface area contributed by atoms with Crippen LogP contribution >= 0.6 is 0 Å². The molecule has 5 nitrogen and oxygen atoms in total. The van der Waals surface area contributed by atoms with E-state index in [1.54, 1.807) is 0 Å². The average molecular weight is 743 g/mol. The molecule has 0 fully saturated rings. The fourth-order valence-corrected chi connectivity index (χ4v) is 8.85. The number of fused-ring (bicyclic) bond motifs is 4. The van der Waals surface area contributed by atoms with E-state index in [0.29, 0.717) is 5.57 Å². The maximum Gasteiger partial charge on any atom is 0.151 e. The molecule has 0 unspecified atom stereocenters. The monoisotopic (exact) mass is 742 g/mol. The van der Waals surface area contributed by atoms with E-state index < -0.39 is 5.41 Å². The second kappa shape index (κ2) is 14.2. The third-order valence-corrected chi connectivity index (χ3v) is 11.3. The van der Waals surface area contributed by atoms with Crippen molar-refractivity contribution in [3.8, 4) is 23.6 Å². The molecular formula is C53H34N4O. The Morgan fingerprint density at radius 1 is 0.448 bits per heavy atom. The van der Waals surface area contributed by atoms with Crippen LogP contribution in [0, 0.1) is 22.7 Å². The molecule has 8 aromatic rings. The summed E-state index contributed by atoms with van der Waals surface area (Å²) in [6.45, 7) is 0. The SMILES string of the molecule is N#CC(C#N)=C1c2ccccc2C(c2ccc(N(c3ccccc3)c3ccccc3)cc2)(c2ccc(N3c4ccccc4Oc4ccccc43)cc2)c2ccccc21. The molecule has 0 radical (unpaired) electrons. The lowest BCUT2D eigenvalue weighted by Gasteiger charge is -2.43. The van der Waals surface area contributed by atoms with Gasteiger partial charge in [-0.15, -0.1) is 0 Å². The molecule has 1 heterocycles. The molecule has 8 aromatic carbocycles. The first-order valence-corrected chi connectivity index (χ1v) is 19.2. The Bertz CT molecular complexity index is 2790. The van der Waals surface area contributed by atoms with Crippen LogP contribution in [0.2, 0.25) is 0 Å². The molecule has 272 valence electrons. The van der Waals surface area contributed by atoms with Crippen molar-refractivity contribution in [3.63, 3.8) is 0 Å². The third kappa shape index (κ3) is 5.38. The Hall–Kier alpha value is -8.12. The number of nitriles is 2. The maximum atomic E-state index is 10.3. The van der Waals surface area contributed by atoms with Gasteiger partial charge in [-0.25, -0.2) is 0 Å². The molecule has 0 aromatic heterocycles. The fraction of sp³-hybridized carbons (Fsp3) is 0.0189. The molecule has 0 N–H and O–H groups in total. The van der Waals surface area contributed by atoms with Gasteiger partial charge in [0.25, 0.3) is 0 Å². The number of ether oxygens (including phenoxy) is 1. The predicted molar refractivity (Wildman–Crippen MR) is 231 cm³/mol. The van der Waals surface area contributed by atoms with Crippen LogP contribution in [0.15, 0.2) is 212 Å². The van der Waals surface area contributed by atoms with Crippen molar-refractivity contribution in [2.75, 3.05) is 9.80 Å².